The Hall–Kier alpha value is -0.380. The molecular formula is C14H20BrNO. The topological polar surface area (TPSA) is 35.2 Å². The molecular weight excluding hydrogens is 278 g/mol. The third-order valence-electron chi connectivity index (χ3n) is 3.44. The van der Waals surface area contributed by atoms with Crippen molar-refractivity contribution in [2.24, 2.45) is 5.73 Å². The zero-order valence-corrected chi connectivity index (χ0v) is 11.9. The van der Waals surface area contributed by atoms with E-state index < -0.39 is 0 Å². The van der Waals surface area contributed by atoms with Crippen molar-refractivity contribution in [3.8, 4) is 0 Å². The normalized spacial score (nSPS) is 21.7. The van der Waals surface area contributed by atoms with Crippen molar-refractivity contribution < 1.29 is 4.74 Å². The zero-order chi connectivity index (χ0) is 12.3. The molecule has 2 atom stereocenters. The van der Waals surface area contributed by atoms with Gasteiger partial charge in [-0.2, -0.15) is 0 Å². The van der Waals surface area contributed by atoms with Crippen molar-refractivity contribution in [1.29, 1.82) is 0 Å². The monoisotopic (exact) mass is 297 g/mol. The van der Waals surface area contributed by atoms with Crippen LogP contribution in [0.2, 0.25) is 0 Å². The van der Waals surface area contributed by atoms with Gasteiger partial charge in [-0.15, -0.1) is 0 Å². The molecule has 1 aliphatic heterocycles. The van der Waals surface area contributed by atoms with E-state index in [2.05, 4.69) is 41.1 Å². The average molecular weight is 298 g/mol. The van der Waals surface area contributed by atoms with Gasteiger partial charge in [-0.3, -0.25) is 0 Å². The van der Waals surface area contributed by atoms with Crippen LogP contribution in [-0.4, -0.2) is 12.7 Å². The highest BCUT2D eigenvalue weighted by atomic mass is 79.9. The third kappa shape index (κ3) is 3.30. The van der Waals surface area contributed by atoms with Crippen LogP contribution in [-0.2, 0) is 4.74 Å². The van der Waals surface area contributed by atoms with Crippen LogP contribution >= 0.6 is 15.9 Å². The van der Waals surface area contributed by atoms with Gasteiger partial charge in [-0.05, 0) is 43.7 Å². The lowest BCUT2D eigenvalue weighted by atomic mass is 9.99. The second-order valence-corrected chi connectivity index (χ2v) is 5.59. The number of benzene rings is 1. The fraction of sp³-hybridized carbons (Fsp3) is 0.571. The molecule has 2 nitrogen and oxygen atoms in total. The molecule has 2 unspecified atom stereocenters. The molecule has 3 heteroatoms. The molecule has 1 aromatic rings. The molecule has 0 saturated carbocycles. The summed E-state index contributed by atoms with van der Waals surface area (Å²) in [6, 6.07) is 6.38. The predicted octanol–water partition coefficient (Wildman–Crippen LogP) is 3.72. The molecule has 0 radical (unpaired) electrons. The molecule has 0 aromatic heterocycles. The first-order valence-electron chi connectivity index (χ1n) is 6.30. The van der Waals surface area contributed by atoms with Gasteiger partial charge in [0.1, 0.15) is 0 Å². The molecule has 0 aliphatic carbocycles. The van der Waals surface area contributed by atoms with Gasteiger partial charge in [0.2, 0.25) is 0 Å². The summed E-state index contributed by atoms with van der Waals surface area (Å²) in [5.41, 5.74) is 8.71. The molecule has 0 bridgehead atoms. The first kappa shape index (κ1) is 13.1. The molecule has 0 amide bonds. The van der Waals surface area contributed by atoms with Crippen molar-refractivity contribution in [2.75, 3.05) is 6.61 Å². The minimum absolute atomic E-state index is 0.105. The van der Waals surface area contributed by atoms with Crippen molar-refractivity contribution in [3.63, 3.8) is 0 Å². The zero-order valence-electron chi connectivity index (χ0n) is 10.3. The second kappa shape index (κ2) is 5.98. The van der Waals surface area contributed by atoms with Gasteiger partial charge in [0.15, 0.2) is 0 Å². The van der Waals surface area contributed by atoms with E-state index in [1.807, 2.05) is 0 Å². The lowest BCUT2D eigenvalue weighted by molar-refractivity contribution is 0.101. The van der Waals surface area contributed by atoms with Crippen LogP contribution in [0.15, 0.2) is 22.7 Å². The Morgan fingerprint density at radius 1 is 1.53 bits per heavy atom. The molecule has 2 rings (SSSR count). The number of halogens is 1. The molecule has 1 fully saturated rings. The summed E-state index contributed by atoms with van der Waals surface area (Å²) in [6.07, 6.45) is 4.90. The molecule has 17 heavy (non-hydrogen) atoms. The fourth-order valence-corrected chi connectivity index (χ4v) is 2.91. The van der Waals surface area contributed by atoms with Gasteiger partial charge in [0.25, 0.3) is 0 Å². The number of hydrogen-bond donors (Lipinski definition) is 1. The van der Waals surface area contributed by atoms with Crippen molar-refractivity contribution in [1.82, 2.24) is 0 Å². The highest BCUT2D eigenvalue weighted by Crippen LogP contribution is 2.29. The highest BCUT2D eigenvalue weighted by Gasteiger charge is 2.18. The molecule has 1 aromatic carbocycles. The van der Waals surface area contributed by atoms with Gasteiger partial charge in [0, 0.05) is 17.1 Å². The van der Waals surface area contributed by atoms with Crippen LogP contribution in [0.3, 0.4) is 0 Å². The van der Waals surface area contributed by atoms with E-state index in [1.165, 1.54) is 24.0 Å². The van der Waals surface area contributed by atoms with E-state index in [4.69, 9.17) is 10.5 Å². The van der Waals surface area contributed by atoms with Crippen LogP contribution in [0.1, 0.15) is 42.9 Å². The number of hydrogen-bond acceptors (Lipinski definition) is 2. The molecule has 2 N–H and O–H groups in total. The molecule has 1 saturated heterocycles. The van der Waals surface area contributed by atoms with Crippen LogP contribution in [0.4, 0.5) is 0 Å². The number of nitrogens with two attached hydrogens (primary N) is 1. The SMILES string of the molecule is Cc1cccc(C(N)CCC2CCCO2)c1Br. The van der Waals surface area contributed by atoms with E-state index >= 15 is 0 Å². The minimum atomic E-state index is 0.105. The van der Waals surface area contributed by atoms with Crippen molar-refractivity contribution in [3.05, 3.63) is 33.8 Å². The van der Waals surface area contributed by atoms with Gasteiger partial charge < -0.3 is 10.5 Å². The summed E-state index contributed by atoms with van der Waals surface area (Å²) in [4.78, 5) is 0. The van der Waals surface area contributed by atoms with Crippen molar-refractivity contribution in [2.45, 2.75) is 44.8 Å². The average Bonchev–Trinajstić information content (AvgIpc) is 2.82. The highest BCUT2D eigenvalue weighted by molar-refractivity contribution is 9.10. The Bertz CT molecular complexity index is 374. The van der Waals surface area contributed by atoms with E-state index in [1.54, 1.807) is 0 Å². The van der Waals surface area contributed by atoms with E-state index in [9.17, 15) is 0 Å². The molecule has 94 valence electrons. The fourth-order valence-electron chi connectivity index (χ4n) is 2.35. The Balaban J connectivity index is 1.94. The number of aryl methyl sites for hydroxylation is 1. The Morgan fingerprint density at radius 3 is 3.06 bits per heavy atom. The second-order valence-electron chi connectivity index (χ2n) is 4.80. The Morgan fingerprint density at radius 2 is 2.35 bits per heavy atom. The van der Waals surface area contributed by atoms with E-state index in [-0.39, 0.29) is 6.04 Å². The maximum atomic E-state index is 6.26. The summed E-state index contributed by atoms with van der Waals surface area (Å²) < 4.78 is 6.78. The lowest BCUT2D eigenvalue weighted by Crippen LogP contribution is -2.15. The maximum Gasteiger partial charge on any atom is 0.0576 e. The molecule has 0 spiro atoms. The Labute approximate surface area is 112 Å². The summed E-state index contributed by atoms with van der Waals surface area (Å²) in [7, 11) is 0. The van der Waals surface area contributed by atoms with Gasteiger partial charge in [0.05, 0.1) is 6.10 Å². The largest absolute Gasteiger partial charge is 0.378 e. The van der Waals surface area contributed by atoms with E-state index in [0.29, 0.717) is 6.10 Å². The van der Waals surface area contributed by atoms with Crippen molar-refractivity contribution >= 4 is 15.9 Å². The van der Waals surface area contributed by atoms with Crippen LogP contribution in [0.5, 0.6) is 0 Å². The van der Waals surface area contributed by atoms with Gasteiger partial charge in [-0.1, -0.05) is 34.1 Å². The van der Waals surface area contributed by atoms with Crippen LogP contribution < -0.4 is 5.73 Å². The molecule has 1 aliphatic rings. The number of rotatable bonds is 4. The molecule has 1 heterocycles. The third-order valence-corrected chi connectivity index (χ3v) is 4.53. The standard InChI is InChI=1S/C14H20BrNO/c1-10-4-2-6-12(14(10)15)13(16)8-7-11-5-3-9-17-11/h2,4,6,11,13H,3,5,7-9,16H2,1H3. The minimum Gasteiger partial charge on any atom is -0.378 e. The Kier molecular flexibility index (Phi) is 4.60. The van der Waals surface area contributed by atoms with Gasteiger partial charge in [-0.25, -0.2) is 0 Å². The lowest BCUT2D eigenvalue weighted by Gasteiger charge is -2.17. The summed E-state index contributed by atoms with van der Waals surface area (Å²) in [6.45, 7) is 3.02. The summed E-state index contributed by atoms with van der Waals surface area (Å²) >= 11 is 3.62. The van der Waals surface area contributed by atoms with Crippen LogP contribution in [0, 0.1) is 6.92 Å². The van der Waals surface area contributed by atoms with Gasteiger partial charge >= 0.3 is 0 Å². The number of ether oxygens (including phenoxy) is 1. The van der Waals surface area contributed by atoms with Crippen LogP contribution in [0.25, 0.3) is 0 Å². The predicted molar refractivity (Wildman–Crippen MR) is 74.0 cm³/mol. The smallest absolute Gasteiger partial charge is 0.0576 e. The van der Waals surface area contributed by atoms with E-state index in [0.717, 1.165) is 23.9 Å². The summed E-state index contributed by atoms with van der Waals surface area (Å²) in [5.74, 6) is 0. The first-order valence-corrected chi connectivity index (χ1v) is 7.10. The first-order chi connectivity index (χ1) is 8.18. The maximum absolute atomic E-state index is 6.26. The quantitative estimate of drug-likeness (QED) is 0.919. The summed E-state index contributed by atoms with van der Waals surface area (Å²) in [5, 5.41) is 0.